The van der Waals surface area contributed by atoms with Gasteiger partial charge in [-0.25, -0.2) is 4.98 Å². The van der Waals surface area contributed by atoms with Gasteiger partial charge in [0.05, 0.1) is 6.33 Å². The number of thioether (sulfide) groups is 1. The number of imidazole rings is 1. The van der Waals surface area contributed by atoms with Gasteiger partial charge in [-0.15, -0.1) is 11.8 Å². The number of halogens is 1. The number of nitrogens with zero attached hydrogens (tertiary/aromatic N) is 4. The normalized spacial score (nSPS) is 11.1. The van der Waals surface area contributed by atoms with E-state index in [0.717, 1.165) is 40.0 Å². The van der Waals surface area contributed by atoms with E-state index in [1.807, 2.05) is 41.4 Å². The summed E-state index contributed by atoms with van der Waals surface area (Å²) in [6, 6.07) is 7.85. The molecule has 0 amide bonds. The molecule has 2 heterocycles. The van der Waals surface area contributed by atoms with E-state index in [0.29, 0.717) is 0 Å². The lowest BCUT2D eigenvalue weighted by Crippen LogP contribution is -2.02. The van der Waals surface area contributed by atoms with E-state index >= 15 is 0 Å². The van der Waals surface area contributed by atoms with Gasteiger partial charge < -0.3 is 4.57 Å². The van der Waals surface area contributed by atoms with Gasteiger partial charge in [-0.3, -0.25) is 4.68 Å². The minimum atomic E-state index is 0.732. The summed E-state index contributed by atoms with van der Waals surface area (Å²) in [7, 11) is 0. The summed E-state index contributed by atoms with van der Waals surface area (Å²) >= 11 is 7.76. The first kappa shape index (κ1) is 17.1. The van der Waals surface area contributed by atoms with Crippen LogP contribution >= 0.6 is 23.4 Å². The number of aryl methyl sites for hydroxylation is 1. The number of aromatic nitrogens is 4. The fourth-order valence-corrected chi connectivity index (χ4v) is 3.59. The van der Waals surface area contributed by atoms with Crippen LogP contribution in [0.15, 0.2) is 48.0 Å². The van der Waals surface area contributed by atoms with E-state index in [2.05, 4.69) is 22.8 Å². The Morgan fingerprint density at radius 2 is 1.96 bits per heavy atom. The fraction of sp³-hybridized carbons (Fsp3) is 0.333. The van der Waals surface area contributed by atoms with Gasteiger partial charge in [0, 0.05) is 29.5 Å². The SMILES string of the molecule is CCCCCn1nc(-c2ccc(Cl)cc2)c(-n2ccnc2)c1SC. The largest absolute Gasteiger partial charge is 0.302 e. The molecule has 24 heavy (non-hydrogen) atoms. The lowest BCUT2D eigenvalue weighted by Gasteiger charge is -2.07. The molecule has 0 spiro atoms. The van der Waals surface area contributed by atoms with Gasteiger partial charge in [0.25, 0.3) is 0 Å². The highest BCUT2D eigenvalue weighted by molar-refractivity contribution is 7.98. The van der Waals surface area contributed by atoms with Crippen molar-refractivity contribution in [2.45, 2.75) is 37.8 Å². The van der Waals surface area contributed by atoms with Gasteiger partial charge in [0.2, 0.25) is 0 Å². The van der Waals surface area contributed by atoms with E-state index in [1.165, 1.54) is 12.8 Å². The highest BCUT2D eigenvalue weighted by Gasteiger charge is 2.20. The highest BCUT2D eigenvalue weighted by atomic mass is 35.5. The van der Waals surface area contributed by atoms with Crippen molar-refractivity contribution >= 4 is 23.4 Å². The Morgan fingerprint density at radius 3 is 2.58 bits per heavy atom. The van der Waals surface area contributed by atoms with E-state index in [1.54, 1.807) is 18.0 Å². The summed E-state index contributed by atoms with van der Waals surface area (Å²) in [6.45, 7) is 3.15. The molecule has 0 fully saturated rings. The quantitative estimate of drug-likeness (QED) is 0.423. The first-order chi connectivity index (χ1) is 11.7. The lowest BCUT2D eigenvalue weighted by atomic mass is 10.1. The number of benzene rings is 1. The predicted molar refractivity (Wildman–Crippen MR) is 101 cm³/mol. The summed E-state index contributed by atoms with van der Waals surface area (Å²) in [5, 5.41) is 6.81. The average Bonchev–Trinajstić information content (AvgIpc) is 3.23. The molecule has 0 aliphatic heterocycles. The number of unbranched alkanes of at least 4 members (excludes halogenated alkanes) is 2. The van der Waals surface area contributed by atoms with Crippen molar-refractivity contribution in [3.05, 3.63) is 48.0 Å². The Morgan fingerprint density at radius 1 is 1.17 bits per heavy atom. The molecule has 6 heteroatoms. The molecule has 0 radical (unpaired) electrons. The second-order valence-electron chi connectivity index (χ2n) is 5.61. The predicted octanol–water partition coefficient (Wildman–Crippen LogP) is 5.30. The summed E-state index contributed by atoms with van der Waals surface area (Å²) in [5.74, 6) is 0. The molecular formula is C18H21ClN4S. The highest BCUT2D eigenvalue weighted by Crippen LogP contribution is 2.34. The zero-order valence-electron chi connectivity index (χ0n) is 13.9. The van der Waals surface area contributed by atoms with Crippen molar-refractivity contribution in [3.8, 4) is 16.9 Å². The maximum atomic E-state index is 6.04. The van der Waals surface area contributed by atoms with Crippen molar-refractivity contribution in [1.82, 2.24) is 19.3 Å². The second-order valence-corrected chi connectivity index (χ2v) is 6.84. The standard InChI is InChI=1S/C18H21ClN4S/c1-3-4-5-11-23-18(24-2)17(22-12-10-20-13-22)16(21-23)14-6-8-15(19)9-7-14/h6-10,12-13H,3-5,11H2,1-2H3. The fourth-order valence-electron chi connectivity index (χ4n) is 2.73. The van der Waals surface area contributed by atoms with Crippen LogP contribution in [-0.2, 0) is 6.54 Å². The average molecular weight is 361 g/mol. The molecule has 0 atom stereocenters. The number of hydrogen-bond acceptors (Lipinski definition) is 3. The maximum absolute atomic E-state index is 6.04. The Kier molecular flexibility index (Phi) is 5.63. The molecule has 0 bridgehead atoms. The van der Waals surface area contributed by atoms with Crippen molar-refractivity contribution < 1.29 is 0 Å². The summed E-state index contributed by atoms with van der Waals surface area (Å²) in [4.78, 5) is 4.20. The summed E-state index contributed by atoms with van der Waals surface area (Å²) < 4.78 is 4.17. The molecule has 126 valence electrons. The molecule has 0 aliphatic carbocycles. The van der Waals surface area contributed by atoms with Gasteiger partial charge in [0.1, 0.15) is 16.4 Å². The van der Waals surface area contributed by atoms with E-state index < -0.39 is 0 Å². The van der Waals surface area contributed by atoms with Crippen molar-refractivity contribution in [2.24, 2.45) is 0 Å². The van der Waals surface area contributed by atoms with Gasteiger partial charge in [-0.1, -0.05) is 43.5 Å². The van der Waals surface area contributed by atoms with Gasteiger partial charge in [-0.05, 0) is 24.8 Å². The minimum Gasteiger partial charge on any atom is -0.302 e. The second kappa shape index (κ2) is 7.90. The van der Waals surface area contributed by atoms with Crippen LogP contribution in [0.1, 0.15) is 26.2 Å². The molecule has 3 rings (SSSR count). The number of rotatable bonds is 7. The van der Waals surface area contributed by atoms with Gasteiger partial charge in [0.15, 0.2) is 0 Å². The van der Waals surface area contributed by atoms with Crippen LogP contribution in [0.4, 0.5) is 0 Å². The van der Waals surface area contributed by atoms with E-state index in [9.17, 15) is 0 Å². The smallest absolute Gasteiger partial charge is 0.119 e. The molecule has 0 saturated heterocycles. The third-order valence-electron chi connectivity index (χ3n) is 3.93. The monoisotopic (exact) mass is 360 g/mol. The minimum absolute atomic E-state index is 0.732. The van der Waals surface area contributed by atoms with Crippen molar-refractivity contribution in [3.63, 3.8) is 0 Å². The zero-order chi connectivity index (χ0) is 16.9. The molecule has 0 unspecified atom stereocenters. The molecule has 1 aromatic carbocycles. The third-order valence-corrected chi connectivity index (χ3v) is 4.97. The Bertz CT molecular complexity index is 778. The van der Waals surface area contributed by atoms with E-state index in [4.69, 9.17) is 16.7 Å². The van der Waals surface area contributed by atoms with Crippen LogP contribution in [0.5, 0.6) is 0 Å². The molecule has 0 saturated carbocycles. The third kappa shape index (κ3) is 3.52. The van der Waals surface area contributed by atoms with Crippen LogP contribution in [0.25, 0.3) is 16.9 Å². The lowest BCUT2D eigenvalue weighted by molar-refractivity contribution is 0.521. The molecule has 0 aliphatic rings. The Labute approximate surface area is 151 Å². The first-order valence-corrected chi connectivity index (χ1v) is 9.74. The number of hydrogen-bond donors (Lipinski definition) is 0. The Balaban J connectivity index is 2.10. The van der Waals surface area contributed by atoms with Crippen molar-refractivity contribution in [2.75, 3.05) is 6.26 Å². The zero-order valence-corrected chi connectivity index (χ0v) is 15.5. The van der Waals surface area contributed by atoms with Crippen LogP contribution in [-0.4, -0.2) is 25.6 Å². The van der Waals surface area contributed by atoms with Gasteiger partial charge in [-0.2, -0.15) is 5.10 Å². The molecule has 3 aromatic rings. The van der Waals surface area contributed by atoms with Gasteiger partial charge >= 0.3 is 0 Å². The van der Waals surface area contributed by atoms with Crippen molar-refractivity contribution in [1.29, 1.82) is 0 Å². The Hall–Kier alpha value is -1.72. The summed E-state index contributed by atoms with van der Waals surface area (Å²) in [6.07, 6.45) is 11.2. The summed E-state index contributed by atoms with van der Waals surface area (Å²) in [5.41, 5.74) is 3.11. The molecule has 2 aromatic heterocycles. The maximum Gasteiger partial charge on any atom is 0.119 e. The first-order valence-electron chi connectivity index (χ1n) is 8.13. The molecule has 4 nitrogen and oxygen atoms in total. The van der Waals surface area contributed by atoms with E-state index in [-0.39, 0.29) is 0 Å². The van der Waals surface area contributed by atoms with Crippen LogP contribution in [0, 0.1) is 0 Å². The van der Waals surface area contributed by atoms with Crippen LogP contribution in [0.2, 0.25) is 5.02 Å². The molecular weight excluding hydrogens is 340 g/mol. The van der Waals surface area contributed by atoms with Crippen LogP contribution in [0.3, 0.4) is 0 Å². The topological polar surface area (TPSA) is 35.6 Å². The molecule has 0 N–H and O–H groups in total. The van der Waals surface area contributed by atoms with Crippen LogP contribution < -0.4 is 0 Å².